The fourth-order valence-corrected chi connectivity index (χ4v) is 2.60. The van der Waals surface area contributed by atoms with Gasteiger partial charge in [-0.15, -0.1) is 0 Å². The summed E-state index contributed by atoms with van der Waals surface area (Å²) in [5.74, 6) is 0. The number of aryl methyl sites for hydroxylation is 2. The Bertz CT molecular complexity index is 839. The van der Waals surface area contributed by atoms with Gasteiger partial charge in [0, 0.05) is 37.1 Å². The highest BCUT2D eigenvalue weighted by atomic mass is 19.4. The second kappa shape index (κ2) is 6.51. The summed E-state index contributed by atoms with van der Waals surface area (Å²) in [6.45, 7) is 0.717. The maximum atomic E-state index is 12.8. The van der Waals surface area contributed by atoms with Gasteiger partial charge in [0.1, 0.15) is 0 Å². The lowest BCUT2D eigenvalue weighted by Gasteiger charge is -2.11. The van der Waals surface area contributed by atoms with E-state index in [-0.39, 0.29) is 0 Å². The molecule has 0 atom stereocenters. The molecule has 126 valence electrons. The van der Waals surface area contributed by atoms with Crippen LogP contribution in [0.2, 0.25) is 0 Å². The molecule has 0 fully saturated rings. The Kier molecular flexibility index (Phi) is 4.42. The lowest BCUT2D eigenvalue weighted by molar-refractivity contribution is -0.137. The van der Waals surface area contributed by atoms with Gasteiger partial charge in [0.2, 0.25) is 0 Å². The molecule has 3 aromatic rings. The van der Waals surface area contributed by atoms with E-state index >= 15 is 0 Å². The second-order valence-electron chi connectivity index (χ2n) is 5.64. The minimum Gasteiger partial charge on any atom is -0.384 e. The molecule has 0 amide bonds. The SMILES string of the molecule is Cn1cc(CCCNc2ccnc3cc(C(F)(F)F)ccc23)cn1. The lowest BCUT2D eigenvalue weighted by Crippen LogP contribution is -2.06. The number of pyridine rings is 1. The van der Waals surface area contributed by atoms with Crippen LogP contribution in [0, 0.1) is 0 Å². The summed E-state index contributed by atoms with van der Waals surface area (Å²) in [5.41, 5.74) is 1.60. The molecule has 4 nitrogen and oxygen atoms in total. The average molecular weight is 334 g/mol. The van der Waals surface area contributed by atoms with Crippen LogP contribution >= 0.6 is 0 Å². The van der Waals surface area contributed by atoms with Crippen molar-refractivity contribution in [2.24, 2.45) is 7.05 Å². The van der Waals surface area contributed by atoms with Gasteiger partial charge in [-0.05, 0) is 36.6 Å². The van der Waals surface area contributed by atoms with E-state index < -0.39 is 11.7 Å². The summed E-state index contributed by atoms with van der Waals surface area (Å²) in [4.78, 5) is 4.04. The molecule has 0 aliphatic carbocycles. The molecule has 2 aromatic heterocycles. The highest BCUT2D eigenvalue weighted by molar-refractivity contribution is 5.91. The van der Waals surface area contributed by atoms with Gasteiger partial charge >= 0.3 is 6.18 Å². The van der Waals surface area contributed by atoms with Gasteiger partial charge < -0.3 is 5.32 Å². The summed E-state index contributed by atoms with van der Waals surface area (Å²) in [6.07, 6.45) is 2.76. The molecule has 0 unspecified atom stereocenters. The Morgan fingerprint density at radius 3 is 2.75 bits per heavy atom. The number of hydrogen-bond donors (Lipinski definition) is 1. The number of aromatic nitrogens is 3. The number of anilines is 1. The Hall–Kier alpha value is -2.57. The molecule has 0 saturated heterocycles. The number of halogens is 3. The largest absolute Gasteiger partial charge is 0.416 e. The number of nitrogens with one attached hydrogen (secondary N) is 1. The molecule has 24 heavy (non-hydrogen) atoms. The molecule has 7 heteroatoms. The fraction of sp³-hybridized carbons (Fsp3) is 0.294. The molecule has 3 rings (SSSR count). The van der Waals surface area contributed by atoms with E-state index in [0.717, 1.165) is 42.8 Å². The first kappa shape index (κ1) is 16.3. The van der Waals surface area contributed by atoms with Crippen molar-refractivity contribution in [1.82, 2.24) is 14.8 Å². The number of benzene rings is 1. The van der Waals surface area contributed by atoms with Crippen LogP contribution in [0.15, 0.2) is 42.9 Å². The smallest absolute Gasteiger partial charge is 0.384 e. The lowest BCUT2D eigenvalue weighted by atomic mass is 10.1. The third kappa shape index (κ3) is 3.67. The fourth-order valence-electron chi connectivity index (χ4n) is 2.60. The highest BCUT2D eigenvalue weighted by Gasteiger charge is 2.30. The van der Waals surface area contributed by atoms with Crippen LogP contribution in [0.1, 0.15) is 17.5 Å². The summed E-state index contributed by atoms with van der Waals surface area (Å²) in [7, 11) is 1.88. The monoisotopic (exact) mass is 334 g/mol. The van der Waals surface area contributed by atoms with Crippen molar-refractivity contribution in [3.8, 4) is 0 Å². The third-order valence-electron chi connectivity index (χ3n) is 3.79. The first-order valence-corrected chi connectivity index (χ1v) is 7.61. The molecular formula is C17H17F3N4. The van der Waals surface area contributed by atoms with Crippen LogP contribution in [-0.2, 0) is 19.6 Å². The van der Waals surface area contributed by atoms with Gasteiger partial charge in [-0.1, -0.05) is 6.07 Å². The zero-order valence-electron chi connectivity index (χ0n) is 13.1. The standard InChI is InChI=1S/C17H17F3N4/c1-24-11-12(10-23-24)3-2-7-21-15-6-8-22-16-9-13(17(18,19)20)4-5-14(15)16/h4-6,8-11H,2-3,7H2,1H3,(H,21,22). The van der Waals surface area contributed by atoms with Crippen molar-refractivity contribution in [2.75, 3.05) is 11.9 Å². The number of rotatable bonds is 5. The number of nitrogens with zero attached hydrogens (tertiary/aromatic N) is 3. The van der Waals surface area contributed by atoms with Gasteiger partial charge in [-0.2, -0.15) is 18.3 Å². The van der Waals surface area contributed by atoms with Crippen LogP contribution < -0.4 is 5.32 Å². The summed E-state index contributed by atoms with van der Waals surface area (Å²) < 4.78 is 40.1. The van der Waals surface area contributed by atoms with Crippen molar-refractivity contribution in [2.45, 2.75) is 19.0 Å². The topological polar surface area (TPSA) is 42.7 Å². The molecule has 1 aromatic carbocycles. The summed E-state index contributed by atoms with van der Waals surface area (Å²) >= 11 is 0. The van der Waals surface area contributed by atoms with Crippen LogP contribution in [0.4, 0.5) is 18.9 Å². The van der Waals surface area contributed by atoms with Gasteiger partial charge in [-0.25, -0.2) is 0 Å². The molecule has 0 saturated carbocycles. The predicted molar refractivity (Wildman–Crippen MR) is 86.8 cm³/mol. The van der Waals surface area contributed by atoms with Crippen LogP contribution in [-0.4, -0.2) is 21.3 Å². The number of alkyl halides is 3. The van der Waals surface area contributed by atoms with Crippen molar-refractivity contribution in [1.29, 1.82) is 0 Å². The molecular weight excluding hydrogens is 317 g/mol. The van der Waals surface area contributed by atoms with Gasteiger partial charge in [0.15, 0.2) is 0 Å². The van der Waals surface area contributed by atoms with E-state index in [2.05, 4.69) is 15.4 Å². The second-order valence-corrected chi connectivity index (χ2v) is 5.64. The van der Waals surface area contributed by atoms with E-state index in [4.69, 9.17) is 0 Å². The van der Waals surface area contributed by atoms with Crippen molar-refractivity contribution in [3.63, 3.8) is 0 Å². The Balaban J connectivity index is 1.68. The molecule has 0 aliphatic rings. The highest BCUT2D eigenvalue weighted by Crippen LogP contribution is 2.32. The average Bonchev–Trinajstić information content (AvgIpc) is 2.95. The minimum atomic E-state index is -4.36. The maximum absolute atomic E-state index is 12.8. The predicted octanol–water partition coefficient (Wildman–Crippen LogP) is 4.03. The molecule has 2 heterocycles. The van der Waals surface area contributed by atoms with Crippen LogP contribution in [0.3, 0.4) is 0 Å². The molecule has 0 bridgehead atoms. The first-order valence-electron chi connectivity index (χ1n) is 7.61. The van der Waals surface area contributed by atoms with Crippen molar-refractivity contribution < 1.29 is 13.2 Å². The Morgan fingerprint density at radius 2 is 2.04 bits per heavy atom. The van der Waals surface area contributed by atoms with Gasteiger partial charge in [-0.3, -0.25) is 9.67 Å². The van der Waals surface area contributed by atoms with E-state index in [1.165, 1.54) is 12.3 Å². The normalized spacial score (nSPS) is 11.8. The maximum Gasteiger partial charge on any atom is 0.416 e. The van der Waals surface area contributed by atoms with Gasteiger partial charge in [0.25, 0.3) is 0 Å². The Morgan fingerprint density at radius 1 is 1.21 bits per heavy atom. The number of hydrogen-bond acceptors (Lipinski definition) is 3. The summed E-state index contributed by atoms with van der Waals surface area (Å²) in [5, 5.41) is 8.08. The molecule has 0 radical (unpaired) electrons. The zero-order chi connectivity index (χ0) is 17.2. The molecule has 1 N–H and O–H groups in total. The number of fused-ring (bicyclic) bond motifs is 1. The molecule has 0 aliphatic heterocycles. The van der Waals surface area contributed by atoms with E-state index in [9.17, 15) is 13.2 Å². The van der Waals surface area contributed by atoms with E-state index in [1.807, 2.05) is 19.4 Å². The minimum absolute atomic E-state index is 0.335. The van der Waals surface area contributed by atoms with E-state index in [0.29, 0.717) is 10.9 Å². The van der Waals surface area contributed by atoms with Gasteiger partial charge in [0.05, 0.1) is 17.3 Å². The Labute approximate surface area is 137 Å². The molecule has 0 spiro atoms. The third-order valence-corrected chi connectivity index (χ3v) is 3.79. The quantitative estimate of drug-likeness (QED) is 0.716. The summed E-state index contributed by atoms with van der Waals surface area (Å²) in [6, 6.07) is 5.41. The van der Waals surface area contributed by atoms with E-state index in [1.54, 1.807) is 10.7 Å². The van der Waals surface area contributed by atoms with Crippen molar-refractivity contribution >= 4 is 16.6 Å². The van der Waals surface area contributed by atoms with Crippen LogP contribution in [0.25, 0.3) is 10.9 Å². The first-order chi connectivity index (χ1) is 11.4. The zero-order valence-corrected chi connectivity index (χ0v) is 13.1. The van der Waals surface area contributed by atoms with Crippen molar-refractivity contribution in [3.05, 3.63) is 54.0 Å². The van der Waals surface area contributed by atoms with Crippen LogP contribution in [0.5, 0.6) is 0 Å².